The van der Waals surface area contributed by atoms with Crippen LogP contribution in [0.1, 0.15) is 48.0 Å². The van der Waals surface area contributed by atoms with Gasteiger partial charge in [-0.3, -0.25) is 4.79 Å². The smallest absolute Gasteiger partial charge is 0.410 e. The largest absolute Gasteiger partial charge is 0.463 e. The lowest BCUT2D eigenvalue weighted by molar-refractivity contribution is 0.0281. The zero-order valence-corrected chi connectivity index (χ0v) is 25.7. The summed E-state index contributed by atoms with van der Waals surface area (Å²) in [6.07, 6.45) is 8.29. The number of ether oxygens (including phenoxy) is 2. The predicted octanol–water partition coefficient (Wildman–Crippen LogP) is 5.69. The summed E-state index contributed by atoms with van der Waals surface area (Å²) in [6.45, 7) is 5.54. The molecule has 0 spiro atoms. The Balaban J connectivity index is 1.51. The van der Waals surface area contributed by atoms with Crippen molar-refractivity contribution in [2.24, 2.45) is 10.9 Å². The first-order valence-electron chi connectivity index (χ1n) is 14.1. The molecule has 3 heterocycles. The van der Waals surface area contributed by atoms with Gasteiger partial charge < -0.3 is 19.7 Å². The van der Waals surface area contributed by atoms with Crippen molar-refractivity contribution in [1.82, 2.24) is 20.2 Å². The summed E-state index contributed by atoms with van der Waals surface area (Å²) in [7, 11) is 0. The van der Waals surface area contributed by atoms with E-state index in [0.29, 0.717) is 22.0 Å². The van der Waals surface area contributed by atoms with Gasteiger partial charge in [0.25, 0.3) is 5.91 Å². The average Bonchev–Trinajstić information content (AvgIpc) is 3.41. The van der Waals surface area contributed by atoms with E-state index < -0.39 is 28.9 Å². The van der Waals surface area contributed by atoms with Gasteiger partial charge in [-0.25, -0.2) is 28.5 Å². The normalized spacial score (nSPS) is 19.6. The molecule has 232 valence electrons. The number of amides is 2. The molecule has 45 heavy (non-hydrogen) atoms. The highest BCUT2D eigenvalue weighted by atomic mass is 32.2. The summed E-state index contributed by atoms with van der Waals surface area (Å²) in [4.78, 5) is 40.6. The van der Waals surface area contributed by atoms with Crippen molar-refractivity contribution >= 4 is 40.8 Å². The molecule has 2 amide bonds. The van der Waals surface area contributed by atoms with Crippen molar-refractivity contribution < 1.29 is 27.8 Å². The third kappa shape index (κ3) is 7.32. The van der Waals surface area contributed by atoms with Gasteiger partial charge in [0.15, 0.2) is 17.6 Å². The lowest BCUT2D eigenvalue weighted by Crippen LogP contribution is -2.43. The van der Waals surface area contributed by atoms with Gasteiger partial charge >= 0.3 is 6.09 Å². The Morgan fingerprint density at radius 1 is 1.20 bits per heavy atom. The number of aliphatic imine (C=N–C) groups is 1. The standard InChI is InChI=1S/C33H31F2N5O4S/c1-5-13-43-28-17-36-27(16-37-28)26(35)15-21-11-12-25(34)24(14-21)33-20-40(31(42)44-32(2,3)4)18-23(33)19-45-30(39-33)38-29(41)22-9-7-6-8-10-22/h1,6-12,14-17,23H,13,18-20H2,2-4H3,(H,38,39,41)/b26-15-/t23-,33+/m1/s1. The summed E-state index contributed by atoms with van der Waals surface area (Å²) in [6, 6.07) is 12.8. The number of hydrogen-bond donors (Lipinski definition) is 1. The summed E-state index contributed by atoms with van der Waals surface area (Å²) >= 11 is 1.32. The fraction of sp³-hybridized carbons (Fsp3) is 0.303. The van der Waals surface area contributed by atoms with Crippen molar-refractivity contribution in [3.05, 3.63) is 89.1 Å². The molecular weight excluding hydrogens is 600 g/mol. The number of carbonyl (C=O) groups is 2. The van der Waals surface area contributed by atoms with E-state index in [1.807, 2.05) is 0 Å². The quantitative estimate of drug-likeness (QED) is 0.349. The Morgan fingerprint density at radius 2 is 1.98 bits per heavy atom. The second kappa shape index (κ2) is 13.1. The number of rotatable bonds is 6. The van der Waals surface area contributed by atoms with Crippen LogP contribution in [0.3, 0.4) is 0 Å². The van der Waals surface area contributed by atoms with Crippen LogP contribution in [0, 0.1) is 24.1 Å². The highest BCUT2D eigenvalue weighted by Gasteiger charge is 2.53. The molecule has 9 nitrogen and oxygen atoms in total. The molecule has 1 N–H and O–H groups in total. The van der Waals surface area contributed by atoms with Crippen molar-refractivity contribution in [2.45, 2.75) is 31.9 Å². The monoisotopic (exact) mass is 631 g/mol. The molecule has 1 saturated heterocycles. The second-order valence-corrected chi connectivity index (χ2v) is 12.5. The van der Waals surface area contributed by atoms with Crippen LogP contribution >= 0.6 is 11.8 Å². The van der Waals surface area contributed by atoms with Crippen molar-refractivity contribution in [3.63, 3.8) is 0 Å². The first-order chi connectivity index (χ1) is 21.5. The summed E-state index contributed by atoms with van der Waals surface area (Å²) in [5.41, 5.74) is -1.14. The lowest BCUT2D eigenvalue weighted by Gasteiger charge is -2.35. The Hall–Kier alpha value is -4.76. The van der Waals surface area contributed by atoms with E-state index in [1.54, 1.807) is 51.1 Å². The Bertz CT molecular complexity index is 1690. The molecule has 1 fully saturated rings. The van der Waals surface area contributed by atoms with E-state index in [2.05, 4.69) is 21.2 Å². The number of likely N-dealkylation sites (tertiary alicyclic amines) is 1. The molecule has 1 aromatic heterocycles. The topological polar surface area (TPSA) is 106 Å². The molecule has 0 saturated carbocycles. The number of carbonyl (C=O) groups excluding carboxylic acids is 2. The number of terminal acetylenes is 1. The number of nitrogens with one attached hydrogen (secondary N) is 1. The third-order valence-electron chi connectivity index (χ3n) is 7.10. The molecule has 0 aliphatic carbocycles. The minimum absolute atomic E-state index is 0.00254. The number of thioether (sulfide) groups is 1. The van der Waals surface area contributed by atoms with E-state index >= 15 is 8.78 Å². The van der Waals surface area contributed by atoms with Gasteiger partial charge in [0.1, 0.15) is 22.7 Å². The predicted molar refractivity (Wildman–Crippen MR) is 169 cm³/mol. The number of nitrogens with zero attached hydrogens (tertiary/aromatic N) is 4. The van der Waals surface area contributed by atoms with Gasteiger partial charge in [0.05, 0.1) is 18.9 Å². The maximum absolute atomic E-state index is 15.8. The number of hydrogen-bond acceptors (Lipinski definition) is 8. The summed E-state index contributed by atoms with van der Waals surface area (Å²) in [5.74, 6) is 0.912. The molecule has 2 aliphatic heterocycles. The van der Waals surface area contributed by atoms with Crippen LogP contribution in [-0.4, -0.2) is 63.1 Å². The highest BCUT2D eigenvalue weighted by molar-refractivity contribution is 8.13. The minimum Gasteiger partial charge on any atom is -0.463 e. The first-order valence-corrected chi connectivity index (χ1v) is 15.1. The third-order valence-corrected chi connectivity index (χ3v) is 8.14. The maximum Gasteiger partial charge on any atom is 0.410 e. The Kier molecular flexibility index (Phi) is 9.20. The number of halogens is 2. The van der Waals surface area contributed by atoms with Crippen LogP contribution in [0.2, 0.25) is 0 Å². The molecular formula is C33H31F2N5O4S. The van der Waals surface area contributed by atoms with Gasteiger partial charge in [0, 0.05) is 29.3 Å². The van der Waals surface area contributed by atoms with Crippen LogP contribution < -0.4 is 10.1 Å². The van der Waals surface area contributed by atoms with E-state index in [-0.39, 0.29) is 48.7 Å². The van der Waals surface area contributed by atoms with Crippen LogP contribution in [0.15, 0.2) is 65.9 Å². The Labute approximate surface area is 264 Å². The first kappa shape index (κ1) is 31.7. The van der Waals surface area contributed by atoms with Crippen LogP contribution in [0.25, 0.3) is 11.9 Å². The number of fused-ring (bicyclic) bond motifs is 1. The fourth-order valence-electron chi connectivity index (χ4n) is 5.08. The fourth-order valence-corrected chi connectivity index (χ4v) is 6.21. The van der Waals surface area contributed by atoms with E-state index in [4.69, 9.17) is 20.9 Å². The maximum atomic E-state index is 15.8. The molecule has 3 aromatic rings. The lowest BCUT2D eigenvalue weighted by atomic mass is 9.81. The van der Waals surface area contributed by atoms with Crippen molar-refractivity contribution in [2.75, 3.05) is 25.4 Å². The molecule has 0 radical (unpaired) electrons. The molecule has 5 rings (SSSR count). The average molecular weight is 632 g/mol. The van der Waals surface area contributed by atoms with Crippen LogP contribution in [-0.2, 0) is 10.3 Å². The van der Waals surface area contributed by atoms with Gasteiger partial charge in [-0.1, -0.05) is 41.9 Å². The zero-order chi connectivity index (χ0) is 32.2. The van der Waals surface area contributed by atoms with E-state index in [1.165, 1.54) is 53.3 Å². The molecule has 0 unspecified atom stereocenters. The molecule has 0 bridgehead atoms. The van der Waals surface area contributed by atoms with E-state index in [0.717, 1.165) is 0 Å². The second-order valence-electron chi connectivity index (χ2n) is 11.5. The zero-order valence-electron chi connectivity index (χ0n) is 24.9. The molecule has 2 atom stereocenters. The van der Waals surface area contributed by atoms with Crippen molar-refractivity contribution in [1.29, 1.82) is 0 Å². The molecule has 2 aromatic carbocycles. The SMILES string of the molecule is C#CCOc1cnc(/C(F)=C/c2ccc(F)c([C@]34CN(C(=O)OC(C)(C)C)C[C@@H]3CSC(NC(=O)c3ccccc3)=N4)c2)cn1. The van der Waals surface area contributed by atoms with Crippen LogP contribution in [0.5, 0.6) is 5.88 Å². The van der Waals surface area contributed by atoms with Gasteiger partial charge in [-0.15, -0.1) is 6.42 Å². The van der Waals surface area contributed by atoms with Crippen molar-refractivity contribution in [3.8, 4) is 18.2 Å². The van der Waals surface area contributed by atoms with Gasteiger partial charge in [-0.05, 0) is 56.7 Å². The summed E-state index contributed by atoms with van der Waals surface area (Å²) < 4.78 is 41.9. The molecule has 12 heteroatoms. The highest BCUT2D eigenvalue weighted by Crippen LogP contribution is 2.47. The number of amidine groups is 1. The van der Waals surface area contributed by atoms with Crippen LogP contribution in [0.4, 0.5) is 13.6 Å². The summed E-state index contributed by atoms with van der Waals surface area (Å²) in [5, 5.41) is 3.13. The molecule has 2 aliphatic rings. The minimum atomic E-state index is -1.28. The van der Waals surface area contributed by atoms with E-state index in [9.17, 15) is 9.59 Å². The van der Waals surface area contributed by atoms with Gasteiger partial charge in [-0.2, -0.15) is 0 Å². The Morgan fingerprint density at radius 3 is 2.67 bits per heavy atom. The number of benzene rings is 2. The van der Waals surface area contributed by atoms with Gasteiger partial charge in [0.2, 0.25) is 5.88 Å². The number of aromatic nitrogens is 2.